The summed E-state index contributed by atoms with van der Waals surface area (Å²) in [5.74, 6) is -5.16. The van der Waals surface area contributed by atoms with Gasteiger partial charge in [-0.1, -0.05) is 12.1 Å². The van der Waals surface area contributed by atoms with Crippen molar-refractivity contribution in [2.75, 3.05) is 13.1 Å². The third-order valence-corrected chi connectivity index (χ3v) is 8.77. The Labute approximate surface area is 287 Å². The zero-order chi connectivity index (χ0) is 37.3. The molecule has 10 N–H and O–H groups in total. The van der Waals surface area contributed by atoms with E-state index in [2.05, 4.69) is 20.5 Å². The summed E-state index contributed by atoms with van der Waals surface area (Å²) in [5.41, 5.74) is 11.2. The molecule has 0 saturated carbocycles. The van der Waals surface area contributed by atoms with E-state index >= 15 is 0 Å². The second-order valence-corrected chi connectivity index (χ2v) is 13.4. The highest BCUT2D eigenvalue weighted by atomic mass is 31.2. The summed E-state index contributed by atoms with van der Waals surface area (Å²) in [4.78, 5) is 110. The van der Waals surface area contributed by atoms with E-state index in [-0.39, 0.29) is 44.5 Å². The van der Waals surface area contributed by atoms with Crippen molar-refractivity contribution in [3.63, 3.8) is 0 Å². The second-order valence-electron chi connectivity index (χ2n) is 12.3. The summed E-state index contributed by atoms with van der Waals surface area (Å²) in [6.45, 7) is 2.71. The molecule has 7 amide bonds. The minimum absolute atomic E-state index is 0.0734. The van der Waals surface area contributed by atoms with E-state index in [4.69, 9.17) is 21.3 Å². The lowest BCUT2D eigenvalue weighted by Crippen LogP contribution is -2.61. The Kier molecular flexibility index (Phi) is 13.9. The van der Waals surface area contributed by atoms with Crippen LogP contribution in [0.25, 0.3) is 0 Å². The van der Waals surface area contributed by atoms with Crippen molar-refractivity contribution >= 4 is 49.2 Å². The van der Waals surface area contributed by atoms with Crippen molar-refractivity contribution in [2.24, 2.45) is 11.5 Å². The number of carbonyl (C=O) groups excluding carboxylic acids is 7. The van der Waals surface area contributed by atoms with E-state index in [1.807, 2.05) is 0 Å². The van der Waals surface area contributed by atoms with Gasteiger partial charge in [0.15, 0.2) is 0 Å². The molecule has 2 aliphatic rings. The fourth-order valence-electron chi connectivity index (χ4n) is 5.98. The van der Waals surface area contributed by atoms with Crippen LogP contribution >= 0.6 is 7.82 Å². The molecule has 1 aromatic carbocycles. The number of hydrogen-bond donors (Lipinski definition) is 8. The SMILES string of the molecule is CC(=O)N[C@@H](Cc1ccc(OP(=O)(O)O)cc1)C(=O)N[C@H](C(=O)N1CCC[C@H]1C(=O)N[C@@H](CCC(N)=O)C(=O)N1CCC[C@H]1C(N)=O)[C@@H](C)O. The number of nitrogens with one attached hydrogen (secondary N) is 3. The molecule has 0 bridgehead atoms. The number of benzene rings is 1. The highest BCUT2D eigenvalue weighted by molar-refractivity contribution is 7.46. The highest BCUT2D eigenvalue weighted by Gasteiger charge is 2.42. The van der Waals surface area contributed by atoms with Gasteiger partial charge < -0.3 is 46.8 Å². The second kappa shape index (κ2) is 17.4. The number of aliphatic hydroxyl groups is 1. The Balaban J connectivity index is 1.75. The first-order chi connectivity index (χ1) is 23.4. The van der Waals surface area contributed by atoms with E-state index in [0.29, 0.717) is 24.8 Å². The van der Waals surface area contributed by atoms with Crippen LogP contribution in [-0.2, 0) is 44.5 Å². The van der Waals surface area contributed by atoms with Crippen molar-refractivity contribution in [3.05, 3.63) is 29.8 Å². The summed E-state index contributed by atoms with van der Waals surface area (Å²) in [6, 6.07) is -0.716. The number of hydrogen-bond acceptors (Lipinski definition) is 10. The van der Waals surface area contributed by atoms with Crippen LogP contribution < -0.4 is 31.9 Å². The molecule has 0 radical (unpaired) electrons. The normalized spacial score (nSPS) is 19.9. The molecule has 6 atom stereocenters. The lowest BCUT2D eigenvalue weighted by molar-refractivity contribution is -0.145. The minimum Gasteiger partial charge on any atom is -0.404 e. The number of likely N-dealkylation sites (tertiary alicyclic amines) is 2. The third kappa shape index (κ3) is 11.2. The number of phosphoric acid groups is 1. The summed E-state index contributed by atoms with van der Waals surface area (Å²) in [7, 11) is -4.80. The maximum Gasteiger partial charge on any atom is 0.524 e. The van der Waals surface area contributed by atoms with Crippen LogP contribution in [-0.4, -0.2) is 115 Å². The van der Waals surface area contributed by atoms with Gasteiger partial charge in [0, 0.05) is 32.9 Å². The van der Waals surface area contributed by atoms with Crippen LogP contribution in [0.15, 0.2) is 24.3 Å². The highest BCUT2D eigenvalue weighted by Crippen LogP contribution is 2.37. The van der Waals surface area contributed by atoms with Gasteiger partial charge in [-0.3, -0.25) is 43.3 Å². The number of nitrogens with zero attached hydrogens (tertiary/aromatic N) is 2. The largest absolute Gasteiger partial charge is 0.524 e. The number of nitrogens with two attached hydrogens (primary N) is 2. The molecule has 276 valence electrons. The molecule has 2 heterocycles. The van der Waals surface area contributed by atoms with E-state index in [0.717, 1.165) is 4.90 Å². The van der Waals surface area contributed by atoms with Crippen LogP contribution in [0.1, 0.15) is 57.9 Å². The van der Waals surface area contributed by atoms with Crippen LogP contribution in [0.3, 0.4) is 0 Å². The molecule has 0 unspecified atom stereocenters. The minimum atomic E-state index is -4.80. The smallest absolute Gasteiger partial charge is 0.404 e. The molecule has 1 aromatic rings. The Morgan fingerprint density at radius 1 is 0.900 bits per heavy atom. The number of carbonyl (C=O) groups is 7. The number of primary amides is 2. The van der Waals surface area contributed by atoms with Crippen LogP contribution in [0.2, 0.25) is 0 Å². The predicted octanol–water partition coefficient (Wildman–Crippen LogP) is -2.71. The summed E-state index contributed by atoms with van der Waals surface area (Å²) in [5, 5.41) is 18.1. The van der Waals surface area contributed by atoms with Gasteiger partial charge in [0.05, 0.1) is 6.10 Å². The van der Waals surface area contributed by atoms with Gasteiger partial charge in [0.25, 0.3) is 0 Å². The van der Waals surface area contributed by atoms with Gasteiger partial charge in [-0.15, -0.1) is 0 Å². The number of phosphoric ester groups is 1. The quantitative estimate of drug-likeness (QED) is 0.0807. The van der Waals surface area contributed by atoms with Gasteiger partial charge >= 0.3 is 7.82 Å². The predicted molar refractivity (Wildman–Crippen MR) is 173 cm³/mol. The number of aliphatic hydroxyl groups excluding tert-OH is 1. The van der Waals surface area contributed by atoms with Crippen molar-refractivity contribution in [2.45, 2.75) is 95.1 Å². The molecular formula is C30H44N7O12P. The van der Waals surface area contributed by atoms with E-state index in [9.17, 15) is 43.2 Å². The molecule has 50 heavy (non-hydrogen) atoms. The summed E-state index contributed by atoms with van der Waals surface area (Å²) < 4.78 is 15.6. The van der Waals surface area contributed by atoms with Gasteiger partial charge in [-0.05, 0) is 56.7 Å². The molecule has 20 heteroatoms. The molecule has 2 fully saturated rings. The van der Waals surface area contributed by atoms with Crippen molar-refractivity contribution < 1.29 is 57.5 Å². The van der Waals surface area contributed by atoms with Crippen molar-refractivity contribution in [1.29, 1.82) is 0 Å². The van der Waals surface area contributed by atoms with Gasteiger partial charge in [0.2, 0.25) is 41.4 Å². The fourth-order valence-corrected chi connectivity index (χ4v) is 6.37. The summed E-state index contributed by atoms with van der Waals surface area (Å²) >= 11 is 0. The van der Waals surface area contributed by atoms with Crippen LogP contribution in [0, 0.1) is 0 Å². The van der Waals surface area contributed by atoms with E-state index in [1.165, 1.54) is 43.0 Å². The first-order valence-electron chi connectivity index (χ1n) is 16.0. The topological polar surface area (TPSA) is 301 Å². The van der Waals surface area contributed by atoms with E-state index in [1.54, 1.807) is 0 Å². The zero-order valence-corrected chi connectivity index (χ0v) is 28.5. The van der Waals surface area contributed by atoms with Crippen LogP contribution in [0.4, 0.5) is 0 Å². The lowest BCUT2D eigenvalue weighted by Gasteiger charge is -2.32. The molecule has 0 aromatic heterocycles. The molecule has 19 nitrogen and oxygen atoms in total. The molecule has 2 saturated heterocycles. The van der Waals surface area contributed by atoms with Gasteiger partial charge in [-0.2, -0.15) is 0 Å². The zero-order valence-electron chi connectivity index (χ0n) is 27.6. The summed E-state index contributed by atoms with van der Waals surface area (Å²) in [6.07, 6.45) is -0.590. The van der Waals surface area contributed by atoms with Gasteiger partial charge in [0.1, 0.15) is 36.0 Å². The third-order valence-electron chi connectivity index (χ3n) is 8.32. The van der Waals surface area contributed by atoms with E-state index < -0.39 is 85.5 Å². The van der Waals surface area contributed by atoms with Gasteiger partial charge in [-0.25, -0.2) is 4.57 Å². The maximum atomic E-state index is 13.8. The average molecular weight is 726 g/mol. The Bertz CT molecular complexity index is 1500. The first-order valence-corrected chi connectivity index (χ1v) is 17.5. The first kappa shape index (κ1) is 39.9. The molecular weight excluding hydrogens is 681 g/mol. The number of rotatable bonds is 16. The van der Waals surface area contributed by atoms with Crippen molar-refractivity contribution in [1.82, 2.24) is 25.8 Å². The van der Waals surface area contributed by atoms with Crippen LogP contribution in [0.5, 0.6) is 5.75 Å². The standard InChI is InChI=1S/C30H44N7O12P/c1-16(38)25(35-27(42)21(33-17(2)39)15-18-7-9-19(10-8-18)49-50(46,47)48)30(45)37-14-4-6-23(37)28(43)34-20(11-12-24(31)40)29(44)36-13-3-5-22(36)26(32)41/h7-10,16,20-23,25,38H,3-6,11-15H2,1-2H3,(H2,31,40)(H2,32,41)(H,33,39)(H,34,43)(H,35,42)(H2,46,47,48)/t16-,20+,21+,22+,23+,25+/m1/s1. The molecule has 3 rings (SSSR count). The average Bonchev–Trinajstić information content (AvgIpc) is 3.71. The Morgan fingerprint density at radius 3 is 2.00 bits per heavy atom. The molecule has 0 aliphatic carbocycles. The lowest BCUT2D eigenvalue weighted by atomic mass is 10.0. The Hall–Kier alpha value is -4.58. The monoisotopic (exact) mass is 725 g/mol. The fraction of sp³-hybridized carbons (Fsp3) is 0.567. The number of amides is 7. The van der Waals surface area contributed by atoms with Crippen molar-refractivity contribution in [3.8, 4) is 5.75 Å². The molecule has 2 aliphatic heterocycles. The maximum absolute atomic E-state index is 13.8. The molecule has 0 spiro atoms. The Morgan fingerprint density at radius 2 is 1.48 bits per heavy atom.